The van der Waals surface area contributed by atoms with E-state index in [1.807, 2.05) is 0 Å². The predicted molar refractivity (Wildman–Crippen MR) is 98.0 cm³/mol. The topological polar surface area (TPSA) is 80.5 Å². The van der Waals surface area contributed by atoms with Gasteiger partial charge in [-0.1, -0.05) is 11.6 Å². The van der Waals surface area contributed by atoms with Crippen molar-refractivity contribution in [3.8, 4) is 0 Å². The summed E-state index contributed by atoms with van der Waals surface area (Å²) in [6.07, 6.45) is -0.337. The van der Waals surface area contributed by atoms with E-state index in [-0.39, 0.29) is 47.2 Å². The highest BCUT2D eigenvalue weighted by Gasteiger charge is 2.38. The van der Waals surface area contributed by atoms with Crippen LogP contribution in [0.4, 0.5) is 13.2 Å². The van der Waals surface area contributed by atoms with E-state index < -0.39 is 27.7 Å². The molecule has 0 atom stereocenters. The lowest BCUT2D eigenvalue weighted by Crippen LogP contribution is -2.38. The van der Waals surface area contributed by atoms with E-state index in [2.05, 4.69) is 15.1 Å². The fourth-order valence-corrected chi connectivity index (χ4v) is 5.04. The molecule has 7 nitrogen and oxygen atoms in total. The number of piperidine rings is 1. The summed E-state index contributed by atoms with van der Waals surface area (Å²) in [6.45, 7) is 0.199. The van der Waals surface area contributed by atoms with Crippen LogP contribution < -0.4 is 0 Å². The van der Waals surface area contributed by atoms with Gasteiger partial charge in [-0.2, -0.15) is 22.6 Å². The Morgan fingerprint density at radius 2 is 1.86 bits per heavy atom. The molecule has 1 saturated heterocycles. The number of halogens is 4. The maximum Gasteiger partial charge on any atom is 0.416 e. The lowest BCUT2D eigenvalue weighted by Gasteiger charge is -2.32. The third kappa shape index (κ3) is 3.81. The molecule has 0 unspecified atom stereocenters. The number of nitrogens with zero attached hydrogens (tertiary/aromatic N) is 5. The first-order valence-corrected chi connectivity index (χ1v) is 10.5. The summed E-state index contributed by atoms with van der Waals surface area (Å²) < 4.78 is 68.8. The van der Waals surface area contributed by atoms with Crippen LogP contribution in [0.15, 0.2) is 41.8 Å². The van der Waals surface area contributed by atoms with Gasteiger partial charge >= 0.3 is 6.18 Å². The maximum absolute atomic E-state index is 13.6. The number of fused-ring (bicyclic) bond motifs is 1. The maximum atomic E-state index is 13.6. The van der Waals surface area contributed by atoms with Crippen LogP contribution in [-0.2, 0) is 16.2 Å². The molecule has 0 radical (unpaired) electrons. The predicted octanol–water partition coefficient (Wildman–Crippen LogP) is 3.36. The van der Waals surface area contributed by atoms with Crippen molar-refractivity contribution in [2.24, 2.45) is 0 Å². The molecule has 4 rings (SSSR count). The van der Waals surface area contributed by atoms with Crippen LogP contribution in [0.25, 0.3) is 5.65 Å². The molecule has 1 aliphatic heterocycles. The molecule has 154 valence electrons. The highest BCUT2D eigenvalue weighted by atomic mass is 35.5. The van der Waals surface area contributed by atoms with Crippen LogP contribution in [-0.4, -0.2) is 45.4 Å². The van der Waals surface area contributed by atoms with E-state index in [9.17, 15) is 21.6 Å². The monoisotopic (exact) mass is 445 g/mol. The van der Waals surface area contributed by atoms with E-state index in [0.717, 1.165) is 6.07 Å². The summed E-state index contributed by atoms with van der Waals surface area (Å²) in [4.78, 5) is 7.60. The van der Waals surface area contributed by atoms with Crippen LogP contribution in [0.1, 0.15) is 29.9 Å². The van der Waals surface area contributed by atoms with Crippen LogP contribution in [0, 0.1) is 0 Å². The first-order chi connectivity index (χ1) is 13.7. The minimum Gasteiger partial charge on any atom is -0.243 e. The minimum absolute atomic E-state index is 0.000339. The van der Waals surface area contributed by atoms with Crippen molar-refractivity contribution in [1.29, 1.82) is 0 Å². The molecule has 3 aromatic rings. The summed E-state index contributed by atoms with van der Waals surface area (Å²) in [6, 6.07) is 3.71. The van der Waals surface area contributed by atoms with Crippen molar-refractivity contribution >= 4 is 27.3 Å². The van der Waals surface area contributed by atoms with E-state index in [1.54, 1.807) is 0 Å². The third-order valence-electron chi connectivity index (χ3n) is 4.98. The molecule has 29 heavy (non-hydrogen) atoms. The van der Waals surface area contributed by atoms with Gasteiger partial charge in [0.1, 0.15) is 16.4 Å². The van der Waals surface area contributed by atoms with Crippen LogP contribution in [0.5, 0.6) is 0 Å². The van der Waals surface area contributed by atoms with Gasteiger partial charge in [-0.15, -0.1) is 0 Å². The van der Waals surface area contributed by atoms with Gasteiger partial charge in [0.05, 0.1) is 5.56 Å². The van der Waals surface area contributed by atoms with Crippen LogP contribution in [0.3, 0.4) is 0 Å². The highest BCUT2D eigenvalue weighted by molar-refractivity contribution is 7.89. The van der Waals surface area contributed by atoms with Crippen LogP contribution >= 0.6 is 11.6 Å². The lowest BCUT2D eigenvalue weighted by atomic mass is 9.88. The molecule has 0 aromatic carbocycles. The molecule has 1 aliphatic rings. The zero-order valence-corrected chi connectivity index (χ0v) is 16.4. The number of aromatic nitrogens is 4. The second-order valence-corrected chi connectivity index (χ2v) is 9.02. The van der Waals surface area contributed by atoms with E-state index >= 15 is 0 Å². The largest absolute Gasteiger partial charge is 0.416 e. The molecule has 0 aliphatic carbocycles. The molecule has 0 spiro atoms. The van der Waals surface area contributed by atoms with Crippen molar-refractivity contribution in [3.05, 3.63) is 53.2 Å². The standard InChI is InChI=1S/C17H15ClF3N5O2S/c18-15-2-1-12(8-22-15)29(27,28)25-5-3-11(4-6-25)13-9-26-16(23-10-24-26)7-14(13)17(19,20)21/h1-2,7-11H,3-6H2. The number of hydrogen-bond acceptors (Lipinski definition) is 5. The van der Waals surface area contributed by atoms with E-state index in [4.69, 9.17) is 11.6 Å². The SMILES string of the molecule is O=S(=O)(c1ccc(Cl)nc1)N1CCC(c2cn3ncnc3cc2C(F)(F)F)CC1. The van der Waals surface area contributed by atoms with Crippen molar-refractivity contribution in [3.63, 3.8) is 0 Å². The Labute approximate surface area is 169 Å². The number of hydrogen-bond donors (Lipinski definition) is 0. The van der Waals surface area contributed by atoms with Gasteiger partial charge in [-0.05, 0) is 42.5 Å². The summed E-state index contributed by atoms with van der Waals surface area (Å²) in [7, 11) is -3.79. The molecule has 0 amide bonds. The lowest BCUT2D eigenvalue weighted by molar-refractivity contribution is -0.138. The molecule has 1 fully saturated rings. The van der Waals surface area contributed by atoms with Gasteiger partial charge < -0.3 is 0 Å². The van der Waals surface area contributed by atoms with Gasteiger partial charge in [-0.3, -0.25) is 0 Å². The summed E-state index contributed by atoms with van der Waals surface area (Å²) >= 11 is 5.70. The Bertz CT molecular complexity index is 1140. The third-order valence-corrected chi connectivity index (χ3v) is 7.09. The van der Waals surface area contributed by atoms with Gasteiger partial charge in [0, 0.05) is 25.5 Å². The fraction of sp³-hybridized carbons (Fsp3) is 0.353. The van der Waals surface area contributed by atoms with Crippen molar-refractivity contribution in [1.82, 2.24) is 23.9 Å². The number of sulfonamides is 1. The summed E-state index contributed by atoms with van der Waals surface area (Å²) in [5.41, 5.74) is -0.557. The van der Waals surface area contributed by atoms with Crippen molar-refractivity contribution in [2.45, 2.75) is 29.8 Å². The molecular formula is C17H15ClF3N5O2S. The average Bonchev–Trinajstić information content (AvgIpc) is 3.14. The second kappa shape index (κ2) is 7.22. The van der Waals surface area contributed by atoms with Crippen molar-refractivity contribution in [2.75, 3.05) is 13.1 Å². The fourth-order valence-electron chi connectivity index (χ4n) is 3.52. The Morgan fingerprint density at radius 3 is 2.48 bits per heavy atom. The quantitative estimate of drug-likeness (QED) is 0.577. The normalized spacial score (nSPS) is 17.1. The summed E-state index contributed by atoms with van der Waals surface area (Å²) in [5, 5.41) is 4.08. The van der Waals surface area contributed by atoms with Crippen LogP contribution in [0.2, 0.25) is 5.15 Å². The number of alkyl halides is 3. The molecule has 0 N–H and O–H groups in total. The molecule has 3 aromatic heterocycles. The van der Waals surface area contributed by atoms with Crippen molar-refractivity contribution < 1.29 is 21.6 Å². The Kier molecular flexibility index (Phi) is 4.99. The second-order valence-electron chi connectivity index (χ2n) is 6.70. The van der Waals surface area contributed by atoms with E-state index in [1.165, 1.54) is 39.7 Å². The smallest absolute Gasteiger partial charge is 0.243 e. The molecular weight excluding hydrogens is 431 g/mol. The first kappa shape index (κ1) is 20.0. The number of rotatable bonds is 3. The zero-order chi connectivity index (χ0) is 20.8. The van der Waals surface area contributed by atoms with Gasteiger partial charge in [0.25, 0.3) is 0 Å². The summed E-state index contributed by atoms with van der Waals surface area (Å²) in [5.74, 6) is -0.449. The number of pyridine rings is 2. The average molecular weight is 446 g/mol. The molecule has 0 bridgehead atoms. The molecule has 12 heteroatoms. The first-order valence-electron chi connectivity index (χ1n) is 8.68. The molecule has 0 saturated carbocycles. The zero-order valence-electron chi connectivity index (χ0n) is 14.8. The van der Waals surface area contributed by atoms with Gasteiger partial charge in [0.15, 0.2) is 5.65 Å². The van der Waals surface area contributed by atoms with Gasteiger partial charge in [0.2, 0.25) is 10.0 Å². The Balaban J connectivity index is 1.59. The van der Waals surface area contributed by atoms with E-state index in [0.29, 0.717) is 0 Å². The Morgan fingerprint density at radius 1 is 1.14 bits per heavy atom. The molecule has 4 heterocycles. The minimum atomic E-state index is -4.54. The highest BCUT2D eigenvalue weighted by Crippen LogP contribution is 2.39. The Hall–Kier alpha value is -2.24. The van der Waals surface area contributed by atoms with Gasteiger partial charge in [-0.25, -0.2) is 22.9 Å².